The fourth-order valence-electron chi connectivity index (χ4n) is 2.10. The van der Waals surface area contributed by atoms with Crippen LogP contribution >= 0.6 is 0 Å². The Kier molecular flexibility index (Phi) is 5.83. The van der Waals surface area contributed by atoms with E-state index in [-0.39, 0.29) is 5.84 Å². The highest BCUT2D eigenvalue weighted by molar-refractivity contribution is 5.97. The first-order chi connectivity index (χ1) is 10.2. The lowest BCUT2D eigenvalue weighted by Gasteiger charge is -2.15. The standard InChI is InChI=1S/C15H24N4O2/c1-19(13-4-5-13)10-8-17-9-11-21-14-6-2-12(3-7-14)15(16)18-20/h2-3,6-7,13,17,20H,4-5,8-11H2,1H3,(H2,16,18). The van der Waals surface area contributed by atoms with E-state index in [1.807, 2.05) is 12.1 Å². The molecule has 0 radical (unpaired) electrons. The fraction of sp³-hybridized carbons (Fsp3) is 0.533. The summed E-state index contributed by atoms with van der Waals surface area (Å²) in [4.78, 5) is 2.40. The second-order valence-corrected chi connectivity index (χ2v) is 5.32. The Morgan fingerprint density at radius 3 is 2.71 bits per heavy atom. The van der Waals surface area contributed by atoms with Crippen LogP contribution in [0.1, 0.15) is 18.4 Å². The van der Waals surface area contributed by atoms with Crippen molar-refractivity contribution >= 4 is 5.84 Å². The van der Waals surface area contributed by atoms with E-state index >= 15 is 0 Å². The van der Waals surface area contributed by atoms with Gasteiger partial charge in [-0.25, -0.2) is 0 Å². The molecule has 1 saturated carbocycles. The van der Waals surface area contributed by atoms with Gasteiger partial charge in [-0.1, -0.05) is 5.16 Å². The van der Waals surface area contributed by atoms with Crippen molar-refractivity contribution in [3.05, 3.63) is 29.8 Å². The number of benzene rings is 1. The molecule has 0 spiro atoms. The van der Waals surface area contributed by atoms with Crippen molar-refractivity contribution in [2.75, 3.05) is 33.3 Å². The van der Waals surface area contributed by atoms with E-state index < -0.39 is 0 Å². The van der Waals surface area contributed by atoms with E-state index in [1.54, 1.807) is 12.1 Å². The predicted molar refractivity (Wildman–Crippen MR) is 83.0 cm³/mol. The zero-order valence-electron chi connectivity index (χ0n) is 12.5. The molecule has 21 heavy (non-hydrogen) atoms. The number of nitrogens with two attached hydrogens (primary N) is 1. The van der Waals surface area contributed by atoms with Gasteiger partial charge in [0, 0.05) is 31.2 Å². The molecular formula is C15H24N4O2. The van der Waals surface area contributed by atoms with Gasteiger partial charge in [0.05, 0.1) is 0 Å². The van der Waals surface area contributed by atoms with Gasteiger partial charge in [0.25, 0.3) is 0 Å². The van der Waals surface area contributed by atoms with E-state index in [0.717, 1.165) is 31.4 Å². The lowest BCUT2D eigenvalue weighted by atomic mass is 10.2. The van der Waals surface area contributed by atoms with Crippen molar-refractivity contribution in [2.45, 2.75) is 18.9 Å². The monoisotopic (exact) mass is 292 g/mol. The molecule has 0 atom stereocenters. The van der Waals surface area contributed by atoms with Gasteiger partial charge in [-0.2, -0.15) is 0 Å². The fourth-order valence-corrected chi connectivity index (χ4v) is 2.10. The van der Waals surface area contributed by atoms with Crippen molar-refractivity contribution in [3.63, 3.8) is 0 Å². The highest BCUT2D eigenvalue weighted by Crippen LogP contribution is 2.24. The van der Waals surface area contributed by atoms with Crippen LogP contribution in [-0.4, -0.2) is 55.3 Å². The molecule has 2 rings (SSSR count). The molecule has 6 nitrogen and oxygen atoms in total. The average molecular weight is 292 g/mol. The molecule has 0 aliphatic heterocycles. The van der Waals surface area contributed by atoms with E-state index in [1.165, 1.54) is 12.8 Å². The number of oxime groups is 1. The molecule has 1 aliphatic rings. The van der Waals surface area contributed by atoms with Crippen molar-refractivity contribution in [3.8, 4) is 5.75 Å². The number of rotatable bonds is 9. The first kappa shape index (κ1) is 15.6. The van der Waals surface area contributed by atoms with Crippen molar-refractivity contribution in [2.24, 2.45) is 10.9 Å². The Morgan fingerprint density at radius 1 is 1.38 bits per heavy atom. The molecule has 0 amide bonds. The lowest BCUT2D eigenvalue weighted by Crippen LogP contribution is -2.32. The third kappa shape index (κ3) is 5.24. The molecule has 1 aromatic carbocycles. The molecular weight excluding hydrogens is 268 g/mol. The Labute approximate surface area is 125 Å². The maximum atomic E-state index is 8.58. The first-order valence-corrected chi connectivity index (χ1v) is 7.32. The highest BCUT2D eigenvalue weighted by Gasteiger charge is 2.25. The van der Waals surface area contributed by atoms with Gasteiger partial charge in [-0.05, 0) is 44.2 Å². The van der Waals surface area contributed by atoms with Crippen LogP contribution in [-0.2, 0) is 0 Å². The topological polar surface area (TPSA) is 83.1 Å². The highest BCUT2D eigenvalue weighted by atomic mass is 16.5. The summed E-state index contributed by atoms with van der Waals surface area (Å²) in [6.45, 7) is 3.51. The molecule has 6 heteroatoms. The third-order valence-electron chi connectivity index (χ3n) is 3.62. The minimum Gasteiger partial charge on any atom is -0.492 e. The summed E-state index contributed by atoms with van der Waals surface area (Å²) < 4.78 is 5.62. The molecule has 0 aromatic heterocycles. The molecule has 116 valence electrons. The van der Waals surface area contributed by atoms with Crippen molar-refractivity contribution < 1.29 is 9.94 Å². The Balaban J connectivity index is 1.57. The van der Waals surface area contributed by atoms with Crippen molar-refractivity contribution in [1.29, 1.82) is 0 Å². The summed E-state index contributed by atoms with van der Waals surface area (Å²) >= 11 is 0. The minimum atomic E-state index is 0.1000. The molecule has 0 unspecified atom stereocenters. The number of likely N-dealkylation sites (N-methyl/N-ethyl adjacent to an activating group) is 1. The van der Waals surface area contributed by atoms with E-state index in [9.17, 15) is 0 Å². The van der Waals surface area contributed by atoms with Crippen LogP contribution < -0.4 is 15.8 Å². The minimum absolute atomic E-state index is 0.1000. The molecule has 4 N–H and O–H groups in total. The smallest absolute Gasteiger partial charge is 0.170 e. The largest absolute Gasteiger partial charge is 0.492 e. The molecule has 1 aliphatic carbocycles. The van der Waals surface area contributed by atoms with Crippen molar-refractivity contribution in [1.82, 2.24) is 10.2 Å². The third-order valence-corrected chi connectivity index (χ3v) is 3.62. The second kappa shape index (κ2) is 7.85. The van der Waals surface area contributed by atoms with Crippen LogP contribution in [0.15, 0.2) is 29.4 Å². The number of nitrogens with one attached hydrogen (secondary N) is 1. The van der Waals surface area contributed by atoms with Crippen LogP contribution in [0.5, 0.6) is 5.75 Å². The summed E-state index contributed by atoms with van der Waals surface area (Å²) in [6, 6.07) is 7.98. The first-order valence-electron chi connectivity index (χ1n) is 7.32. The molecule has 0 bridgehead atoms. The lowest BCUT2D eigenvalue weighted by molar-refractivity contribution is 0.295. The average Bonchev–Trinajstić information content (AvgIpc) is 3.35. The van der Waals surface area contributed by atoms with Gasteiger partial charge >= 0.3 is 0 Å². The molecule has 0 heterocycles. The maximum Gasteiger partial charge on any atom is 0.170 e. The number of hydrogen-bond donors (Lipinski definition) is 3. The molecule has 1 aromatic rings. The van der Waals surface area contributed by atoms with Gasteiger partial charge in [-0.15, -0.1) is 0 Å². The second-order valence-electron chi connectivity index (χ2n) is 5.32. The predicted octanol–water partition coefficient (Wildman–Crippen LogP) is 0.844. The summed E-state index contributed by atoms with van der Waals surface area (Å²) in [5.74, 6) is 0.879. The van der Waals surface area contributed by atoms with Crippen LogP contribution in [0.4, 0.5) is 0 Å². The van der Waals surface area contributed by atoms with Crippen LogP contribution in [0.3, 0.4) is 0 Å². The maximum absolute atomic E-state index is 8.58. The van der Waals surface area contributed by atoms with Crippen LogP contribution in [0.25, 0.3) is 0 Å². The van der Waals surface area contributed by atoms with Gasteiger partial charge < -0.3 is 25.9 Å². The zero-order valence-corrected chi connectivity index (χ0v) is 12.5. The van der Waals surface area contributed by atoms with Gasteiger partial charge in [0.2, 0.25) is 0 Å². The summed E-state index contributed by atoms with van der Waals surface area (Å²) in [5.41, 5.74) is 6.17. The van der Waals surface area contributed by atoms with Gasteiger partial charge in [0.1, 0.15) is 12.4 Å². The normalized spacial score (nSPS) is 15.4. The van der Waals surface area contributed by atoms with E-state index in [0.29, 0.717) is 12.2 Å². The van der Waals surface area contributed by atoms with Crippen LogP contribution in [0, 0.1) is 0 Å². The molecule has 0 saturated heterocycles. The summed E-state index contributed by atoms with van der Waals surface area (Å²) in [7, 11) is 2.18. The Hall–Kier alpha value is -1.79. The number of hydrogen-bond acceptors (Lipinski definition) is 5. The van der Waals surface area contributed by atoms with Crippen LogP contribution in [0.2, 0.25) is 0 Å². The summed E-state index contributed by atoms with van der Waals surface area (Å²) in [6.07, 6.45) is 2.70. The Morgan fingerprint density at radius 2 is 2.10 bits per heavy atom. The number of amidine groups is 1. The SMILES string of the molecule is CN(CCNCCOc1ccc(C(N)=NO)cc1)C1CC1. The van der Waals surface area contributed by atoms with Gasteiger partial charge in [0.15, 0.2) is 5.84 Å². The zero-order chi connectivity index (χ0) is 15.1. The quantitative estimate of drug-likeness (QED) is 0.207. The Bertz CT molecular complexity index is 457. The summed E-state index contributed by atoms with van der Waals surface area (Å²) in [5, 5.41) is 14.9. The van der Waals surface area contributed by atoms with E-state index in [2.05, 4.69) is 22.4 Å². The molecule has 1 fully saturated rings. The number of ether oxygens (including phenoxy) is 1. The van der Waals surface area contributed by atoms with E-state index in [4.69, 9.17) is 15.7 Å². The van der Waals surface area contributed by atoms with Gasteiger partial charge in [-0.3, -0.25) is 0 Å². The number of nitrogens with zero attached hydrogens (tertiary/aromatic N) is 2.